The van der Waals surface area contributed by atoms with E-state index in [0.717, 1.165) is 6.42 Å². The van der Waals surface area contributed by atoms with Gasteiger partial charge < -0.3 is 5.73 Å². The Labute approximate surface area is 81.5 Å². The molecule has 1 atom stereocenters. The first-order valence-corrected chi connectivity index (χ1v) is 5.12. The molecular formula is C10H12N2S. The molecule has 1 unspecified atom stereocenters. The van der Waals surface area contributed by atoms with Crippen LogP contribution in [0.4, 0.5) is 0 Å². The SMILES string of the molecule is CC(N)Cc1ccc2cnsc2c1. The van der Waals surface area contributed by atoms with Crippen molar-refractivity contribution in [2.45, 2.75) is 19.4 Å². The summed E-state index contributed by atoms with van der Waals surface area (Å²) in [7, 11) is 0. The predicted molar refractivity (Wildman–Crippen MR) is 57.0 cm³/mol. The summed E-state index contributed by atoms with van der Waals surface area (Å²) < 4.78 is 5.38. The zero-order valence-electron chi connectivity index (χ0n) is 7.53. The minimum Gasteiger partial charge on any atom is -0.328 e. The largest absolute Gasteiger partial charge is 0.328 e. The Balaban J connectivity index is 2.37. The Morgan fingerprint density at radius 2 is 2.38 bits per heavy atom. The molecule has 0 bridgehead atoms. The van der Waals surface area contributed by atoms with Crippen molar-refractivity contribution < 1.29 is 0 Å². The molecule has 0 aliphatic rings. The summed E-state index contributed by atoms with van der Waals surface area (Å²) in [5.41, 5.74) is 7.03. The number of aromatic nitrogens is 1. The zero-order valence-corrected chi connectivity index (χ0v) is 8.34. The molecule has 68 valence electrons. The van der Waals surface area contributed by atoms with E-state index in [0.29, 0.717) is 0 Å². The van der Waals surface area contributed by atoms with Gasteiger partial charge in [-0.25, -0.2) is 0 Å². The first-order chi connectivity index (χ1) is 6.25. The molecular weight excluding hydrogens is 180 g/mol. The third-order valence-electron chi connectivity index (χ3n) is 1.98. The van der Waals surface area contributed by atoms with Gasteiger partial charge in [0.05, 0.1) is 4.70 Å². The Bertz CT molecular complexity index is 406. The number of nitrogens with two attached hydrogens (primary N) is 1. The van der Waals surface area contributed by atoms with Crippen molar-refractivity contribution in [3.63, 3.8) is 0 Å². The highest BCUT2D eigenvalue weighted by molar-refractivity contribution is 7.13. The van der Waals surface area contributed by atoms with Crippen molar-refractivity contribution in [2.75, 3.05) is 0 Å². The van der Waals surface area contributed by atoms with Crippen LogP contribution in [0.2, 0.25) is 0 Å². The molecule has 1 heterocycles. The molecule has 0 saturated carbocycles. The van der Waals surface area contributed by atoms with Crippen LogP contribution < -0.4 is 5.73 Å². The molecule has 1 aromatic carbocycles. The van der Waals surface area contributed by atoms with E-state index < -0.39 is 0 Å². The van der Waals surface area contributed by atoms with E-state index in [1.54, 1.807) is 0 Å². The van der Waals surface area contributed by atoms with Crippen LogP contribution in [0.15, 0.2) is 24.4 Å². The van der Waals surface area contributed by atoms with Crippen LogP contribution in [0.3, 0.4) is 0 Å². The van der Waals surface area contributed by atoms with Crippen LogP contribution in [0.1, 0.15) is 12.5 Å². The van der Waals surface area contributed by atoms with Gasteiger partial charge in [0, 0.05) is 17.6 Å². The maximum Gasteiger partial charge on any atom is 0.0552 e. The highest BCUT2D eigenvalue weighted by Crippen LogP contribution is 2.19. The fourth-order valence-corrected chi connectivity index (χ4v) is 2.11. The van der Waals surface area contributed by atoms with Gasteiger partial charge in [-0.15, -0.1) is 0 Å². The molecule has 1 aromatic heterocycles. The van der Waals surface area contributed by atoms with Gasteiger partial charge in [0.2, 0.25) is 0 Å². The average Bonchev–Trinajstić information content (AvgIpc) is 2.49. The quantitative estimate of drug-likeness (QED) is 0.792. The van der Waals surface area contributed by atoms with Gasteiger partial charge in [0.25, 0.3) is 0 Å². The van der Waals surface area contributed by atoms with Gasteiger partial charge in [-0.1, -0.05) is 12.1 Å². The van der Waals surface area contributed by atoms with Crippen molar-refractivity contribution in [3.8, 4) is 0 Å². The van der Waals surface area contributed by atoms with Crippen LogP contribution in [-0.2, 0) is 6.42 Å². The zero-order chi connectivity index (χ0) is 9.26. The third-order valence-corrected chi connectivity index (χ3v) is 2.74. The van der Waals surface area contributed by atoms with Crippen LogP contribution in [0, 0.1) is 0 Å². The number of nitrogens with zero attached hydrogens (tertiary/aromatic N) is 1. The second-order valence-corrected chi connectivity index (χ2v) is 4.21. The van der Waals surface area contributed by atoms with Crippen molar-refractivity contribution in [2.24, 2.45) is 5.73 Å². The third kappa shape index (κ3) is 1.87. The molecule has 0 aliphatic carbocycles. The van der Waals surface area contributed by atoms with Crippen molar-refractivity contribution in [3.05, 3.63) is 30.0 Å². The maximum atomic E-state index is 5.73. The fourth-order valence-electron chi connectivity index (χ4n) is 1.40. The van der Waals surface area contributed by atoms with Gasteiger partial charge >= 0.3 is 0 Å². The smallest absolute Gasteiger partial charge is 0.0552 e. The molecule has 0 radical (unpaired) electrons. The van der Waals surface area contributed by atoms with Crippen LogP contribution in [-0.4, -0.2) is 10.4 Å². The lowest BCUT2D eigenvalue weighted by atomic mass is 10.1. The first-order valence-electron chi connectivity index (χ1n) is 4.34. The lowest BCUT2D eigenvalue weighted by molar-refractivity contribution is 0.739. The van der Waals surface area contributed by atoms with Crippen molar-refractivity contribution in [1.82, 2.24) is 4.37 Å². The predicted octanol–water partition coefficient (Wildman–Crippen LogP) is 2.19. The van der Waals surface area contributed by atoms with Crippen molar-refractivity contribution in [1.29, 1.82) is 0 Å². The fraction of sp³-hybridized carbons (Fsp3) is 0.300. The van der Waals surface area contributed by atoms with Crippen LogP contribution in [0.25, 0.3) is 10.1 Å². The number of benzene rings is 1. The Kier molecular flexibility index (Phi) is 2.29. The van der Waals surface area contributed by atoms with E-state index in [9.17, 15) is 0 Å². The monoisotopic (exact) mass is 192 g/mol. The maximum absolute atomic E-state index is 5.73. The van der Waals surface area contributed by atoms with Crippen LogP contribution >= 0.6 is 11.5 Å². The highest BCUT2D eigenvalue weighted by Gasteiger charge is 2.00. The van der Waals surface area contributed by atoms with Gasteiger partial charge in [-0.3, -0.25) is 0 Å². The number of hydrogen-bond donors (Lipinski definition) is 1. The summed E-state index contributed by atoms with van der Waals surface area (Å²) in [4.78, 5) is 0. The lowest BCUT2D eigenvalue weighted by Gasteiger charge is -2.04. The van der Waals surface area contributed by atoms with Gasteiger partial charge in [0.15, 0.2) is 0 Å². The molecule has 0 amide bonds. The summed E-state index contributed by atoms with van der Waals surface area (Å²) in [5.74, 6) is 0. The van der Waals surface area contributed by atoms with E-state index in [1.807, 2.05) is 13.1 Å². The van der Waals surface area contributed by atoms with E-state index in [-0.39, 0.29) is 6.04 Å². The lowest BCUT2D eigenvalue weighted by Crippen LogP contribution is -2.17. The number of hydrogen-bond acceptors (Lipinski definition) is 3. The van der Waals surface area contributed by atoms with Gasteiger partial charge in [-0.2, -0.15) is 4.37 Å². The summed E-state index contributed by atoms with van der Waals surface area (Å²) >= 11 is 1.54. The topological polar surface area (TPSA) is 38.9 Å². The standard InChI is InChI=1S/C10H12N2S/c1-7(11)4-8-2-3-9-6-12-13-10(9)5-8/h2-3,5-7H,4,11H2,1H3. The molecule has 0 fully saturated rings. The molecule has 3 heteroatoms. The summed E-state index contributed by atoms with van der Waals surface area (Å²) in [6.45, 7) is 2.02. The molecule has 2 nitrogen and oxygen atoms in total. The highest BCUT2D eigenvalue weighted by atomic mass is 32.1. The molecule has 2 rings (SSSR count). The van der Waals surface area contributed by atoms with Gasteiger partial charge in [0.1, 0.15) is 0 Å². The van der Waals surface area contributed by atoms with Crippen molar-refractivity contribution >= 4 is 21.6 Å². The van der Waals surface area contributed by atoms with E-state index >= 15 is 0 Å². The Hall–Kier alpha value is -0.930. The minimum atomic E-state index is 0.227. The van der Waals surface area contributed by atoms with Crippen LogP contribution in [0.5, 0.6) is 0 Å². The molecule has 0 spiro atoms. The normalized spacial score (nSPS) is 13.4. The van der Waals surface area contributed by atoms with Gasteiger partial charge in [-0.05, 0) is 36.5 Å². The first kappa shape index (κ1) is 8.66. The number of rotatable bonds is 2. The summed E-state index contributed by atoms with van der Waals surface area (Å²) in [6, 6.07) is 6.64. The average molecular weight is 192 g/mol. The molecule has 0 aliphatic heterocycles. The summed E-state index contributed by atoms with van der Waals surface area (Å²) in [5, 5.41) is 1.22. The second kappa shape index (κ2) is 3.44. The second-order valence-electron chi connectivity index (χ2n) is 3.38. The molecule has 2 aromatic rings. The molecule has 2 N–H and O–H groups in total. The number of fused-ring (bicyclic) bond motifs is 1. The molecule has 13 heavy (non-hydrogen) atoms. The summed E-state index contributed by atoms with van der Waals surface area (Å²) in [6.07, 6.45) is 2.84. The minimum absolute atomic E-state index is 0.227. The Morgan fingerprint density at radius 1 is 1.54 bits per heavy atom. The van der Waals surface area contributed by atoms with E-state index in [1.165, 1.54) is 27.2 Å². The van der Waals surface area contributed by atoms with E-state index in [2.05, 4.69) is 22.6 Å². The molecule has 0 saturated heterocycles. The Morgan fingerprint density at radius 3 is 3.15 bits per heavy atom. The van der Waals surface area contributed by atoms with E-state index in [4.69, 9.17) is 5.73 Å².